The number of aliphatic hydroxyl groups excluding tert-OH is 1. The molecule has 3 rings (SSSR count). The molecule has 104 valence electrons. The van der Waals surface area contributed by atoms with E-state index in [1.165, 1.54) is 16.8 Å². The standard InChI is InChI=1S/C18H21NO/c20-18-12-10-17(11-13-18)19-16-8-6-15(7-9-16)14-4-2-1-3-5-14/h1-9,17-20H,10-13H2. The molecular weight excluding hydrogens is 246 g/mol. The van der Waals surface area contributed by atoms with Crippen LogP contribution in [0.4, 0.5) is 5.69 Å². The lowest BCUT2D eigenvalue weighted by atomic mass is 9.93. The molecule has 20 heavy (non-hydrogen) atoms. The zero-order chi connectivity index (χ0) is 13.8. The summed E-state index contributed by atoms with van der Waals surface area (Å²) >= 11 is 0. The average molecular weight is 267 g/mol. The van der Waals surface area contributed by atoms with Gasteiger partial charge in [0.2, 0.25) is 0 Å². The Morgan fingerprint density at radius 1 is 0.750 bits per heavy atom. The van der Waals surface area contributed by atoms with Crippen LogP contribution in [0.25, 0.3) is 11.1 Å². The molecule has 1 aliphatic rings. The first kappa shape index (κ1) is 13.2. The maximum absolute atomic E-state index is 9.53. The smallest absolute Gasteiger partial charge is 0.0541 e. The van der Waals surface area contributed by atoms with Crippen molar-refractivity contribution in [3.05, 3.63) is 54.6 Å². The van der Waals surface area contributed by atoms with Crippen molar-refractivity contribution in [2.75, 3.05) is 5.32 Å². The van der Waals surface area contributed by atoms with Gasteiger partial charge in [0.25, 0.3) is 0 Å². The van der Waals surface area contributed by atoms with Crippen LogP contribution in [-0.4, -0.2) is 17.3 Å². The Hall–Kier alpha value is -1.80. The first-order valence-corrected chi connectivity index (χ1v) is 7.41. The van der Waals surface area contributed by atoms with Crippen LogP contribution >= 0.6 is 0 Å². The highest BCUT2D eigenvalue weighted by Gasteiger charge is 2.18. The summed E-state index contributed by atoms with van der Waals surface area (Å²) in [5.74, 6) is 0. The molecule has 0 atom stereocenters. The molecule has 0 amide bonds. The average Bonchev–Trinajstić information content (AvgIpc) is 2.51. The third kappa shape index (κ3) is 3.20. The van der Waals surface area contributed by atoms with E-state index in [2.05, 4.69) is 53.8 Å². The number of benzene rings is 2. The lowest BCUT2D eigenvalue weighted by Gasteiger charge is -2.27. The van der Waals surface area contributed by atoms with Crippen molar-refractivity contribution >= 4 is 5.69 Å². The molecule has 2 nitrogen and oxygen atoms in total. The van der Waals surface area contributed by atoms with Gasteiger partial charge in [-0.2, -0.15) is 0 Å². The van der Waals surface area contributed by atoms with Gasteiger partial charge in [-0.25, -0.2) is 0 Å². The Balaban J connectivity index is 1.65. The second-order valence-electron chi connectivity index (χ2n) is 5.59. The van der Waals surface area contributed by atoms with E-state index in [-0.39, 0.29) is 6.10 Å². The maximum atomic E-state index is 9.53. The van der Waals surface area contributed by atoms with Crippen LogP contribution < -0.4 is 5.32 Å². The Morgan fingerprint density at radius 3 is 2.00 bits per heavy atom. The minimum atomic E-state index is -0.0893. The van der Waals surface area contributed by atoms with Crippen molar-refractivity contribution in [3.63, 3.8) is 0 Å². The number of hydrogen-bond donors (Lipinski definition) is 2. The molecule has 2 heteroatoms. The largest absolute Gasteiger partial charge is 0.393 e. The Labute approximate surface area is 120 Å². The highest BCUT2D eigenvalue weighted by atomic mass is 16.3. The molecule has 0 aromatic heterocycles. The fraction of sp³-hybridized carbons (Fsp3) is 0.333. The summed E-state index contributed by atoms with van der Waals surface area (Å²) in [7, 11) is 0. The third-order valence-electron chi connectivity index (χ3n) is 4.06. The summed E-state index contributed by atoms with van der Waals surface area (Å²) in [6.45, 7) is 0. The first-order chi connectivity index (χ1) is 9.81. The summed E-state index contributed by atoms with van der Waals surface area (Å²) in [6, 6.07) is 19.5. The Bertz CT molecular complexity index is 527. The zero-order valence-electron chi connectivity index (χ0n) is 11.6. The van der Waals surface area contributed by atoms with Crippen LogP contribution in [0.3, 0.4) is 0 Å². The molecule has 0 radical (unpaired) electrons. The molecule has 0 bridgehead atoms. The van der Waals surface area contributed by atoms with E-state index in [4.69, 9.17) is 0 Å². The van der Waals surface area contributed by atoms with E-state index in [0.29, 0.717) is 6.04 Å². The number of anilines is 1. The van der Waals surface area contributed by atoms with Crippen molar-refractivity contribution < 1.29 is 5.11 Å². The zero-order valence-corrected chi connectivity index (χ0v) is 11.6. The molecule has 0 saturated heterocycles. The van der Waals surface area contributed by atoms with Crippen molar-refractivity contribution in [1.82, 2.24) is 0 Å². The number of nitrogens with one attached hydrogen (secondary N) is 1. The van der Waals surface area contributed by atoms with Crippen LogP contribution in [0.5, 0.6) is 0 Å². The van der Waals surface area contributed by atoms with Gasteiger partial charge in [-0.3, -0.25) is 0 Å². The third-order valence-corrected chi connectivity index (χ3v) is 4.06. The molecule has 0 heterocycles. The highest BCUT2D eigenvalue weighted by Crippen LogP contribution is 2.24. The molecule has 1 fully saturated rings. The summed E-state index contributed by atoms with van der Waals surface area (Å²) in [5.41, 5.74) is 3.67. The van der Waals surface area contributed by atoms with E-state index >= 15 is 0 Å². The van der Waals surface area contributed by atoms with Crippen molar-refractivity contribution in [3.8, 4) is 11.1 Å². The molecule has 2 aromatic rings. The molecule has 0 aliphatic heterocycles. The quantitative estimate of drug-likeness (QED) is 0.878. The van der Waals surface area contributed by atoms with Gasteiger partial charge in [0.05, 0.1) is 6.10 Å². The molecular formula is C18H21NO. The van der Waals surface area contributed by atoms with E-state index in [1.807, 2.05) is 6.07 Å². The molecule has 2 aromatic carbocycles. The topological polar surface area (TPSA) is 32.3 Å². The lowest BCUT2D eigenvalue weighted by molar-refractivity contribution is 0.126. The summed E-state index contributed by atoms with van der Waals surface area (Å²) in [6.07, 6.45) is 3.86. The Morgan fingerprint density at radius 2 is 1.35 bits per heavy atom. The van der Waals surface area contributed by atoms with Gasteiger partial charge in [-0.1, -0.05) is 42.5 Å². The molecule has 0 unspecified atom stereocenters. The summed E-state index contributed by atoms with van der Waals surface area (Å²) in [5, 5.41) is 13.1. The van der Waals surface area contributed by atoms with Crippen LogP contribution in [0.15, 0.2) is 54.6 Å². The monoisotopic (exact) mass is 267 g/mol. The molecule has 1 aliphatic carbocycles. The molecule has 2 N–H and O–H groups in total. The van der Waals surface area contributed by atoms with Gasteiger partial charge in [0.15, 0.2) is 0 Å². The van der Waals surface area contributed by atoms with Gasteiger partial charge in [-0.15, -0.1) is 0 Å². The molecule has 1 saturated carbocycles. The SMILES string of the molecule is OC1CCC(Nc2ccc(-c3ccccc3)cc2)CC1. The number of rotatable bonds is 3. The predicted molar refractivity (Wildman–Crippen MR) is 83.8 cm³/mol. The fourth-order valence-electron chi connectivity index (χ4n) is 2.85. The fourth-order valence-corrected chi connectivity index (χ4v) is 2.85. The maximum Gasteiger partial charge on any atom is 0.0541 e. The molecule has 0 spiro atoms. The second-order valence-corrected chi connectivity index (χ2v) is 5.59. The summed E-state index contributed by atoms with van der Waals surface area (Å²) in [4.78, 5) is 0. The number of hydrogen-bond acceptors (Lipinski definition) is 2. The van der Waals surface area contributed by atoms with Crippen LogP contribution in [-0.2, 0) is 0 Å². The van der Waals surface area contributed by atoms with Crippen molar-refractivity contribution in [1.29, 1.82) is 0 Å². The Kier molecular flexibility index (Phi) is 4.03. The van der Waals surface area contributed by atoms with Crippen molar-refractivity contribution in [2.24, 2.45) is 0 Å². The summed E-state index contributed by atoms with van der Waals surface area (Å²) < 4.78 is 0. The van der Waals surface area contributed by atoms with E-state index in [9.17, 15) is 5.11 Å². The van der Waals surface area contributed by atoms with Crippen LogP contribution in [0, 0.1) is 0 Å². The second kappa shape index (κ2) is 6.10. The minimum absolute atomic E-state index is 0.0893. The van der Waals surface area contributed by atoms with Gasteiger partial charge in [-0.05, 0) is 48.9 Å². The van der Waals surface area contributed by atoms with E-state index in [1.54, 1.807) is 0 Å². The number of aliphatic hydroxyl groups is 1. The lowest BCUT2D eigenvalue weighted by Crippen LogP contribution is -2.28. The van der Waals surface area contributed by atoms with Gasteiger partial charge >= 0.3 is 0 Å². The highest BCUT2D eigenvalue weighted by molar-refractivity contribution is 5.65. The van der Waals surface area contributed by atoms with Gasteiger partial charge < -0.3 is 10.4 Å². The van der Waals surface area contributed by atoms with Crippen molar-refractivity contribution in [2.45, 2.75) is 37.8 Å². The van der Waals surface area contributed by atoms with E-state index in [0.717, 1.165) is 25.7 Å². The van der Waals surface area contributed by atoms with Gasteiger partial charge in [0.1, 0.15) is 0 Å². The minimum Gasteiger partial charge on any atom is -0.393 e. The normalized spacial score (nSPS) is 22.4. The van der Waals surface area contributed by atoms with Crippen LogP contribution in [0.2, 0.25) is 0 Å². The van der Waals surface area contributed by atoms with Gasteiger partial charge in [0, 0.05) is 11.7 Å². The first-order valence-electron chi connectivity index (χ1n) is 7.41. The van der Waals surface area contributed by atoms with E-state index < -0.39 is 0 Å². The van der Waals surface area contributed by atoms with Crippen LogP contribution in [0.1, 0.15) is 25.7 Å². The predicted octanol–water partition coefficient (Wildman–Crippen LogP) is 4.07.